The van der Waals surface area contributed by atoms with Gasteiger partial charge >= 0.3 is 0 Å². The van der Waals surface area contributed by atoms with Crippen LogP contribution < -0.4 is 5.32 Å². The number of hydrogen-bond donors (Lipinski definition) is 1. The van der Waals surface area contributed by atoms with E-state index in [2.05, 4.69) is 33.7 Å². The molecule has 1 aliphatic rings. The molecule has 0 saturated carbocycles. The average Bonchev–Trinajstić information content (AvgIpc) is 3.32. The van der Waals surface area contributed by atoms with Gasteiger partial charge < -0.3 is 14.3 Å². The van der Waals surface area contributed by atoms with Gasteiger partial charge in [-0.25, -0.2) is 0 Å². The van der Waals surface area contributed by atoms with E-state index in [4.69, 9.17) is 4.42 Å². The molecular weight excluding hydrogens is 360 g/mol. The number of thioether (sulfide) groups is 1. The molecule has 1 amide bonds. The summed E-state index contributed by atoms with van der Waals surface area (Å²) in [6, 6.07) is 12.1. The lowest BCUT2D eigenvalue weighted by atomic mass is 9.88. The molecule has 0 saturated heterocycles. The van der Waals surface area contributed by atoms with E-state index in [1.807, 2.05) is 36.7 Å². The fourth-order valence-corrected chi connectivity index (χ4v) is 4.27. The van der Waals surface area contributed by atoms with Gasteiger partial charge in [-0.1, -0.05) is 36.0 Å². The smallest absolute Gasteiger partial charge is 0.233 e. The lowest BCUT2D eigenvalue weighted by Crippen LogP contribution is -2.36. The maximum absolute atomic E-state index is 12.8. The zero-order chi connectivity index (χ0) is 18.8. The molecule has 140 valence electrons. The lowest BCUT2D eigenvalue weighted by Gasteiger charge is -2.27. The van der Waals surface area contributed by atoms with Gasteiger partial charge in [0.2, 0.25) is 5.91 Å². The molecule has 27 heavy (non-hydrogen) atoms. The Balaban J connectivity index is 1.44. The van der Waals surface area contributed by atoms with Crippen molar-refractivity contribution in [2.45, 2.75) is 42.6 Å². The number of amides is 1. The molecule has 4 rings (SSSR count). The second-order valence-corrected chi connectivity index (χ2v) is 8.06. The van der Waals surface area contributed by atoms with Crippen molar-refractivity contribution in [2.75, 3.05) is 0 Å². The Bertz CT molecular complexity index is 935. The third-order valence-corrected chi connectivity index (χ3v) is 6.05. The molecule has 0 bridgehead atoms. The first-order chi connectivity index (χ1) is 13.1. The van der Waals surface area contributed by atoms with E-state index in [1.165, 1.54) is 22.9 Å². The van der Waals surface area contributed by atoms with Gasteiger partial charge in [-0.3, -0.25) is 4.79 Å². The maximum Gasteiger partial charge on any atom is 0.233 e. The molecule has 1 N–H and O–H groups in total. The molecule has 2 heterocycles. The second-order valence-electron chi connectivity index (χ2n) is 6.75. The molecule has 1 aliphatic carbocycles. The molecule has 0 aliphatic heterocycles. The zero-order valence-electron chi connectivity index (χ0n) is 15.4. The third kappa shape index (κ3) is 3.64. The Hall–Kier alpha value is -2.54. The molecule has 0 radical (unpaired) electrons. The highest BCUT2D eigenvalue weighted by molar-refractivity contribution is 8.00. The van der Waals surface area contributed by atoms with Crippen molar-refractivity contribution in [2.24, 2.45) is 7.05 Å². The van der Waals surface area contributed by atoms with Gasteiger partial charge in [-0.15, -0.1) is 10.2 Å². The van der Waals surface area contributed by atoms with Crippen LogP contribution in [0.3, 0.4) is 0 Å². The molecule has 1 aromatic carbocycles. The molecule has 0 spiro atoms. The van der Waals surface area contributed by atoms with E-state index in [0.29, 0.717) is 16.7 Å². The van der Waals surface area contributed by atoms with Crippen molar-refractivity contribution in [3.8, 4) is 11.6 Å². The number of fused-ring (bicyclic) bond motifs is 1. The number of hydrogen-bond acceptors (Lipinski definition) is 5. The summed E-state index contributed by atoms with van der Waals surface area (Å²) in [5.41, 5.74) is 2.58. The number of carbonyl (C=O) groups excluding carboxylic acids is 1. The van der Waals surface area contributed by atoms with Crippen molar-refractivity contribution in [3.05, 3.63) is 53.8 Å². The van der Waals surface area contributed by atoms with E-state index in [1.54, 1.807) is 6.26 Å². The Labute approximate surface area is 162 Å². The zero-order valence-corrected chi connectivity index (χ0v) is 16.2. The van der Waals surface area contributed by atoms with Gasteiger partial charge in [-0.2, -0.15) is 0 Å². The molecule has 2 atom stereocenters. The SMILES string of the molecule is C[C@H](Sc1nnc(-c2ccco2)n1C)C(=O)N[C@H]1CCCc2ccccc21. The van der Waals surface area contributed by atoms with E-state index in [9.17, 15) is 4.79 Å². The lowest BCUT2D eigenvalue weighted by molar-refractivity contribution is -0.121. The summed E-state index contributed by atoms with van der Waals surface area (Å²) in [5.74, 6) is 1.33. The summed E-state index contributed by atoms with van der Waals surface area (Å²) < 4.78 is 7.24. The van der Waals surface area contributed by atoms with Crippen molar-refractivity contribution >= 4 is 17.7 Å². The van der Waals surface area contributed by atoms with Crippen LogP contribution in [0.1, 0.15) is 36.9 Å². The first-order valence-electron chi connectivity index (χ1n) is 9.11. The third-order valence-electron chi connectivity index (χ3n) is 4.91. The average molecular weight is 382 g/mol. The van der Waals surface area contributed by atoms with Crippen LogP contribution in [0.4, 0.5) is 0 Å². The largest absolute Gasteiger partial charge is 0.461 e. The highest BCUT2D eigenvalue weighted by atomic mass is 32.2. The van der Waals surface area contributed by atoms with E-state index in [-0.39, 0.29) is 17.2 Å². The number of nitrogens with one attached hydrogen (secondary N) is 1. The van der Waals surface area contributed by atoms with Crippen molar-refractivity contribution in [1.29, 1.82) is 0 Å². The number of benzene rings is 1. The van der Waals surface area contributed by atoms with Crippen LogP contribution in [0.25, 0.3) is 11.6 Å². The summed E-state index contributed by atoms with van der Waals surface area (Å²) >= 11 is 1.40. The summed E-state index contributed by atoms with van der Waals surface area (Å²) in [5, 5.41) is 12.0. The Morgan fingerprint density at radius 3 is 2.96 bits per heavy atom. The number of nitrogens with zero attached hydrogens (tertiary/aromatic N) is 3. The van der Waals surface area contributed by atoms with Crippen LogP contribution in [0.15, 0.2) is 52.2 Å². The van der Waals surface area contributed by atoms with Crippen LogP contribution >= 0.6 is 11.8 Å². The molecular formula is C20H22N4O2S. The minimum absolute atomic E-state index is 0.0178. The number of furan rings is 1. The summed E-state index contributed by atoms with van der Waals surface area (Å²) in [6.07, 6.45) is 4.77. The summed E-state index contributed by atoms with van der Waals surface area (Å²) in [6.45, 7) is 1.90. The van der Waals surface area contributed by atoms with Gasteiger partial charge in [0.1, 0.15) is 0 Å². The van der Waals surface area contributed by atoms with E-state index < -0.39 is 0 Å². The highest BCUT2D eigenvalue weighted by Crippen LogP contribution is 2.31. The summed E-state index contributed by atoms with van der Waals surface area (Å²) in [4.78, 5) is 12.8. The van der Waals surface area contributed by atoms with Crippen LogP contribution in [-0.4, -0.2) is 25.9 Å². The van der Waals surface area contributed by atoms with Crippen molar-refractivity contribution in [3.63, 3.8) is 0 Å². The predicted octanol–water partition coefficient (Wildman–Crippen LogP) is 3.75. The first-order valence-corrected chi connectivity index (χ1v) is 9.99. The molecule has 6 nitrogen and oxygen atoms in total. The van der Waals surface area contributed by atoms with Gasteiger partial charge in [0.05, 0.1) is 17.6 Å². The van der Waals surface area contributed by atoms with Crippen LogP contribution in [0, 0.1) is 0 Å². The predicted molar refractivity (Wildman–Crippen MR) is 104 cm³/mol. The Kier molecular flexibility index (Phi) is 5.03. The normalized spacial score (nSPS) is 17.3. The van der Waals surface area contributed by atoms with E-state index in [0.717, 1.165) is 19.3 Å². The topological polar surface area (TPSA) is 73.0 Å². The summed E-state index contributed by atoms with van der Waals surface area (Å²) in [7, 11) is 1.88. The number of carbonyl (C=O) groups is 1. The van der Waals surface area contributed by atoms with Gasteiger partial charge in [0.25, 0.3) is 0 Å². The number of rotatable bonds is 5. The van der Waals surface area contributed by atoms with Crippen molar-refractivity contribution < 1.29 is 9.21 Å². The number of aromatic nitrogens is 3. The van der Waals surface area contributed by atoms with Gasteiger partial charge in [0, 0.05) is 7.05 Å². The van der Waals surface area contributed by atoms with Gasteiger partial charge in [0.15, 0.2) is 16.7 Å². The molecule has 0 fully saturated rings. The van der Waals surface area contributed by atoms with Crippen molar-refractivity contribution in [1.82, 2.24) is 20.1 Å². The molecule has 3 aromatic rings. The minimum Gasteiger partial charge on any atom is -0.461 e. The molecule has 2 aromatic heterocycles. The molecule has 7 heteroatoms. The van der Waals surface area contributed by atoms with Crippen LogP contribution in [0.5, 0.6) is 0 Å². The second kappa shape index (κ2) is 7.60. The first kappa shape index (κ1) is 17.9. The fourth-order valence-electron chi connectivity index (χ4n) is 3.44. The monoisotopic (exact) mass is 382 g/mol. The molecule has 0 unspecified atom stereocenters. The maximum atomic E-state index is 12.8. The Morgan fingerprint density at radius 2 is 2.15 bits per heavy atom. The van der Waals surface area contributed by atoms with Crippen LogP contribution in [-0.2, 0) is 18.3 Å². The standard InChI is InChI=1S/C20H22N4O2S/c1-13(27-20-23-22-18(24(20)2)17-11-6-12-26-17)19(25)21-16-10-5-8-14-7-3-4-9-15(14)16/h3-4,6-7,9,11-13,16H,5,8,10H2,1-2H3,(H,21,25)/t13-,16-/m0/s1. The quantitative estimate of drug-likeness (QED) is 0.681. The number of aryl methyl sites for hydroxylation is 1. The van der Waals surface area contributed by atoms with Crippen LogP contribution in [0.2, 0.25) is 0 Å². The fraction of sp³-hybridized carbons (Fsp3) is 0.350. The Morgan fingerprint density at radius 1 is 1.30 bits per heavy atom. The van der Waals surface area contributed by atoms with Gasteiger partial charge in [-0.05, 0) is 49.4 Å². The minimum atomic E-state index is -0.272. The highest BCUT2D eigenvalue weighted by Gasteiger charge is 2.25. The van der Waals surface area contributed by atoms with E-state index >= 15 is 0 Å².